The lowest BCUT2D eigenvalue weighted by atomic mass is 10.1. The van der Waals surface area contributed by atoms with Crippen LogP contribution in [0.15, 0.2) is 46.5 Å². The average molecular weight is 303 g/mol. The predicted molar refractivity (Wildman–Crippen MR) is 87.8 cm³/mol. The van der Waals surface area contributed by atoms with Gasteiger partial charge in [0.1, 0.15) is 0 Å². The number of H-pyrrole nitrogens is 1. The molecule has 0 saturated carbocycles. The molecule has 1 aromatic heterocycles. The summed E-state index contributed by atoms with van der Waals surface area (Å²) < 4.78 is 0. The second-order valence-corrected chi connectivity index (χ2v) is 5.98. The first-order valence-electron chi connectivity index (χ1n) is 7.17. The maximum absolute atomic E-state index is 11.3. The van der Waals surface area contributed by atoms with Gasteiger partial charge in [0.25, 0.3) is 5.56 Å². The molecule has 0 radical (unpaired) electrons. The molecule has 1 unspecified atom stereocenters. The lowest BCUT2D eigenvalue weighted by molar-refractivity contribution is 0.577. The van der Waals surface area contributed by atoms with Crippen LogP contribution in [-0.4, -0.2) is 22.3 Å². The van der Waals surface area contributed by atoms with Gasteiger partial charge in [-0.05, 0) is 25.5 Å². The summed E-state index contributed by atoms with van der Waals surface area (Å²) in [5, 5.41) is 4.21. The Labute approximate surface area is 129 Å². The molecule has 21 heavy (non-hydrogen) atoms. The molecule has 1 heterocycles. The number of rotatable bonds is 7. The number of aromatic nitrogens is 2. The van der Waals surface area contributed by atoms with Crippen LogP contribution in [0.4, 0.5) is 0 Å². The van der Waals surface area contributed by atoms with Crippen molar-refractivity contribution in [1.29, 1.82) is 0 Å². The van der Waals surface area contributed by atoms with Gasteiger partial charge in [-0.2, -0.15) is 0 Å². The number of aryl methyl sites for hydroxylation is 1. The topological polar surface area (TPSA) is 57.8 Å². The van der Waals surface area contributed by atoms with Crippen molar-refractivity contribution in [2.75, 3.05) is 12.3 Å². The van der Waals surface area contributed by atoms with Gasteiger partial charge in [0.15, 0.2) is 5.16 Å². The molecule has 2 N–H and O–H groups in total. The smallest absolute Gasteiger partial charge is 0.251 e. The molecule has 4 nitrogen and oxygen atoms in total. The Hall–Kier alpha value is -1.59. The van der Waals surface area contributed by atoms with E-state index in [4.69, 9.17) is 0 Å². The zero-order valence-corrected chi connectivity index (χ0v) is 13.2. The molecule has 0 spiro atoms. The van der Waals surface area contributed by atoms with Gasteiger partial charge in [-0.3, -0.25) is 4.79 Å². The lowest BCUT2D eigenvalue weighted by Crippen LogP contribution is -2.24. The maximum Gasteiger partial charge on any atom is 0.251 e. The number of aromatic amines is 1. The van der Waals surface area contributed by atoms with Crippen molar-refractivity contribution in [3.05, 3.63) is 58.0 Å². The monoisotopic (exact) mass is 303 g/mol. The Morgan fingerprint density at radius 3 is 2.71 bits per heavy atom. The summed E-state index contributed by atoms with van der Waals surface area (Å²) in [7, 11) is 0. The summed E-state index contributed by atoms with van der Waals surface area (Å²) in [6, 6.07) is 10.2. The van der Waals surface area contributed by atoms with Gasteiger partial charge in [0.05, 0.1) is 0 Å². The Kier molecular flexibility index (Phi) is 6.02. The summed E-state index contributed by atoms with van der Waals surface area (Å²) in [5.41, 5.74) is 2.41. The van der Waals surface area contributed by atoms with Crippen LogP contribution in [0.1, 0.15) is 30.5 Å². The molecule has 112 valence electrons. The number of hydrogen-bond acceptors (Lipinski definition) is 4. The Morgan fingerprint density at radius 2 is 2.05 bits per heavy atom. The van der Waals surface area contributed by atoms with E-state index >= 15 is 0 Å². The molecule has 1 atom stereocenters. The van der Waals surface area contributed by atoms with Crippen molar-refractivity contribution in [2.24, 2.45) is 0 Å². The van der Waals surface area contributed by atoms with Crippen LogP contribution >= 0.6 is 11.8 Å². The minimum Gasteiger partial charge on any atom is -0.309 e. The molecule has 0 saturated heterocycles. The SMILES string of the molecule is CCCNC(CSc1nccc(=O)[nH]1)c1ccc(C)cc1. The van der Waals surface area contributed by atoms with Crippen molar-refractivity contribution in [3.8, 4) is 0 Å². The predicted octanol–water partition coefficient (Wildman–Crippen LogP) is 2.91. The third-order valence-electron chi connectivity index (χ3n) is 3.16. The summed E-state index contributed by atoms with van der Waals surface area (Å²) in [6.07, 6.45) is 2.63. The summed E-state index contributed by atoms with van der Waals surface area (Å²) in [5.74, 6) is 0.829. The Bertz CT molecular complexity index is 609. The van der Waals surface area contributed by atoms with Crippen molar-refractivity contribution < 1.29 is 0 Å². The summed E-state index contributed by atoms with van der Waals surface area (Å²) in [4.78, 5) is 18.2. The van der Waals surface area contributed by atoms with Crippen LogP contribution in [0.25, 0.3) is 0 Å². The van der Waals surface area contributed by atoms with E-state index in [-0.39, 0.29) is 11.6 Å². The molecular weight excluding hydrogens is 282 g/mol. The second-order valence-electron chi connectivity index (χ2n) is 4.97. The van der Waals surface area contributed by atoms with Gasteiger partial charge in [-0.25, -0.2) is 4.98 Å². The molecule has 2 rings (SSSR count). The minimum atomic E-state index is -0.110. The van der Waals surface area contributed by atoms with E-state index in [9.17, 15) is 4.79 Å². The van der Waals surface area contributed by atoms with Crippen molar-refractivity contribution >= 4 is 11.8 Å². The fourth-order valence-electron chi connectivity index (χ4n) is 1.98. The van der Waals surface area contributed by atoms with Crippen LogP contribution in [0.5, 0.6) is 0 Å². The van der Waals surface area contributed by atoms with Gasteiger partial charge in [-0.1, -0.05) is 48.5 Å². The number of thioether (sulfide) groups is 1. The van der Waals surface area contributed by atoms with Crippen molar-refractivity contribution in [3.63, 3.8) is 0 Å². The highest BCUT2D eigenvalue weighted by atomic mass is 32.2. The molecule has 0 amide bonds. The first-order chi connectivity index (χ1) is 10.2. The van der Waals surface area contributed by atoms with Gasteiger partial charge in [0, 0.05) is 24.1 Å². The standard InChI is InChI=1S/C16H21N3OS/c1-3-9-17-14(13-6-4-12(2)5-7-13)11-21-16-18-10-8-15(20)19-16/h4-8,10,14,17H,3,9,11H2,1-2H3,(H,18,19,20). The Balaban J connectivity index is 2.05. The molecule has 0 aliphatic rings. The van der Waals surface area contributed by atoms with Gasteiger partial charge in [-0.15, -0.1) is 0 Å². The van der Waals surface area contributed by atoms with E-state index in [1.807, 2.05) is 0 Å². The highest BCUT2D eigenvalue weighted by Gasteiger charge is 2.11. The molecule has 0 fully saturated rings. The number of nitrogens with one attached hydrogen (secondary N) is 2. The minimum absolute atomic E-state index is 0.110. The Morgan fingerprint density at radius 1 is 1.29 bits per heavy atom. The van der Waals surface area contributed by atoms with E-state index in [2.05, 4.69) is 53.4 Å². The zero-order chi connectivity index (χ0) is 15.1. The normalized spacial score (nSPS) is 12.3. The van der Waals surface area contributed by atoms with Crippen molar-refractivity contribution in [1.82, 2.24) is 15.3 Å². The third kappa shape index (κ3) is 5.02. The van der Waals surface area contributed by atoms with E-state index in [1.54, 1.807) is 18.0 Å². The fraction of sp³-hybridized carbons (Fsp3) is 0.375. The lowest BCUT2D eigenvalue weighted by Gasteiger charge is -2.18. The van der Waals surface area contributed by atoms with Gasteiger partial charge < -0.3 is 10.3 Å². The van der Waals surface area contributed by atoms with E-state index in [1.165, 1.54) is 17.2 Å². The number of benzene rings is 1. The van der Waals surface area contributed by atoms with E-state index < -0.39 is 0 Å². The summed E-state index contributed by atoms with van der Waals surface area (Å²) >= 11 is 1.56. The highest BCUT2D eigenvalue weighted by molar-refractivity contribution is 7.99. The largest absolute Gasteiger partial charge is 0.309 e. The average Bonchev–Trinajstić information content (AvgIpc) is 2.49. The molecular formula is C16H21N3OS. The molecule has 0 bridgehead atoms. The number of nitrogens with zero attached hydrogens (tertiary/aromatic N) is 1. The molecule has 2 aromatic rings. The summed E-state index contributed by atoms with van der Waals surface area (Å²) in [6.45, 7) is 5.21. The van der Waals surface area contributed by atoms with Crippen LogP contribution in [0, 0.1) is 6.92 Å². The molecule has 1 aromatic carbocycles. The second kappa shape index (κ2) is 8.00. The van der Waals surface area contributed by atoms with Crippen LogP contribution in [0.2, 0.25) is 0 Å². The van der Waals surface area contributed by atoms with E-state index in [0.717, 1.165) is 18.7 Å². The first kappa shape index (κ1) is 15.8. The molecule has 5 heteroatoms. The van der Waals surface area contributed by atoms with Gasteiger partial charge in [0.2, 0.25) is 0 Å². The zero-order valence-electron chi connectivity index (χ0n) is 12.4. The fourth-order valence-corrected chi connectivity index (χ4v) is 2.92. The van der Waals surface area contributed by atoms with Crippen LogP contribution in [0.3, 0.4) is 0 Å². The van der Waals surface area contributed by atoms with Gasteiger partial charge >= 0.3 is 0 Å². The molecule has 0 aliphatic carbocycles. The first-order valence-corrected chi connectivity index (χ1v) is 8.15. The molecule has 0 aliphatic heterocycles. The van der Waals surface area contributed by atoms with Crippen molar-refractivity contribution in [2.45, 2.75) is 31.5 Å². The quantitative estimate of drug-likeness (QED) is 0.610. The maximum atomic E-state index is 11.3. The third-order valence-corrected chi connectivity index (χ3v) is 4.14. The van der Waals surface area contributed by atoms with Crippen LogP contribution < -0.4 is 10.9 Å². The van der Waals surface area contributed by atoms with Crippen LogP contribution in [-0.2, 0) is 0 Å². The highest BCUT2D eigenvalue weighted by Crippen LogP contribution is 2.22. The number of hydrogen-bond donors (Lipinski definition) is 2. The van der Waals surface area contributed by atoms with E-state index in [0.29, 0.717) is 5.16 Å².